The lowest BCUT2D eigenvalue weighted by Gasteiger charge is -2.09. The summed E-state index contributed by atoms with van der Waals surface area (Å²) in [5.74, 6) is 0.644. The summed E-state index contributed by atoms with van der Waals surface area (Å²) in [5, 5.41) is 0. The molecule has 4 rings (SSSR count). The van der Waals surface area contributed by atoms with Gasteiger partial charge in [0.2, 0.25) is 5.78 Å². The van der Waals surface area contributed by atoms with Crippen LogP contribution in [0, 0.1) is 6.92 Å². The van der Waals surface area contributed by atoms with Crippen LogP contribution in [-0.2, 0) is 25.4 Å². The maximum absolute atomic E-state index is 12.8. The van der Waals surface area contributed by atoms with Crippen LogP contribution in [-0.4, -0.2) is 36.3 Å². The number of aryl methyl sites for hydroxylation is 3. The summed E-state index contributed by atoms with van der Waals surface area (Å²) in [7, 11) is 3.13. The predicted molar refractivity (Wildman–Crippen MR) is 112 cm³/mol. The van der Waals surface area contributed by atoms with Crippen LogP contribution >= 0.6 is 0 Å². The van der Waals surface area contributed by atoms with Crippen molar-refractivity contribution in [1.29, 1.82) is 0 Å². The Kier molecular flexibility index (Phi) is 4.87. The minimum atomic E-state index is -0.384. The van der Waals surface area contributed by atoms with Crippen molar-refractivity contribution < 1.29 is 4.74 Å². The molecule has 0 aliphatic carbocycles. The van der Waals surface area contributed by atoms with Gasteiger partial charge in [-0.1, -0.05) is 29.8 Å². The van der Waals surface area contributed by atoms with Gasteiger partial charge in [-0.3, -0.25) is 18.3 Å². The highest BCUT2D eigenvalue weighted by Crippen LogP contribution is 2.26. The number of fused-ring (bicyclic) bond motifs is 3. The summed E-state index contributed by atoms with van der Waals surface area (Å²) < 4.78 is 11.9. The Bertz CT molecular complexity index is 1310. The molecule has 0 radical (unpaired) electrons. The minimum absolute atomic E-state index is 0.350. The topological polar surface area (TPSA) is 75.5 Å². The fourth-order valence-electron chi connectivity index (χ4n) is 3.66. The molecule has 0 unspecified atom stereocenters. The lowest BCUT2D eigenvalue weighted by Crippen LogP contribution is -2.37. The first-order valence-corrected chi connectivity index (χ1v) is 9.76. The molecule has 1 aromatic carbocycles. The van der Waals surface area contributed by atoms with Gasteiger partial charge >= 0.3 is 5.69 Å². The van der Waals surface area contributed by atoms with Crippen molar-refractivity contribution in [3.05, 3.63) is 56.9 Å². The van der Waals surface area contributed by atoms with Gasteiger partial charge in [0, 0.05) is 40.1 Å². The molecule has 3 aromatic heterocycles. The van der Waals surface area contributed by atoms with E-state index in [0.29, 0.717) is 36.7 Å². The number of benzene rings is 1. The molecule has 152 valence electrons. The van der Waals surface area contributed by atoms with Crippen LogP contribution in [0.3, 0.4) is 0 Å². The molecule has 0 bridgehead atoms. The maximum atomic E-state index is 12.8. The second-order valence-corrected chi connectivity index (χ2v) is 7.24. The first-order chi connectivity index (χ1) is 13.9. The molecule has 0 spiro atoms. The predicted octanol–water partition coefficient (Wildman–Crippen LogP) is 2.09. The highest BCUT2D eigenvalue weighted by molar-refractivity contribution is 5.78. The minimum Gasteiger partial charge on any atom is -0.382 e. The molecule has 4 aromatic rings. The number of nitrogens with zero attached hydrogens (tertiary/aromatic N) is 5. The Labute approximate surface area is 167 Å². The first kappa shape index (κ1) is 19.2. The highest BCUT2D eigenvalue weighted by atomic mass is 16.5. The second kappa shape index (κ2) is 7.36. The average Bonchev–Trinajstić information content (AvgIpc) is 3.25. The van der Waals surface area contributed by atoms with Crippen LogP contribution in [0.4, 0.5) is 0 Å². The van der Waals surface area contributed by atoms with Crippen molar-refractivity contribution in [3.8, 4) is 11.3 Å². The van der Waals surface area contributed by atoms with E-state index in [4.69, 9.17) is 4.74 Å². The molecule has 0 saturated carbocycles. The second-order valence-electron chi connectivity index (χ2n) is 7.24. The normalized spacial score (nSPS) is 11.7. The summed E-state index contributed by atoms with van der Waals surface area (Å²) in [4.78, 5) is 29.8. The Morgan fingerprint density at radius 2 is 1.79 bits per heavy atom. The van der Waals surface area contributed by atoms with E-state index in [0.717, 1.165) is 22.2 Å². The molecule has 3 heterocycles. The molecule has 29 heavy (non-hydrogen) atoms. The monoisotopic (exact) mass is 395 g/mol. The van der Waals surface area contributed by atoms with Crippen LogP contribution in [0.5, 0.6) is 0 Å². The van der Waals surface area contributed by atoms with E-state index in [9.17, 15) is 9.59 Å². The lowest BCUT2D eigenvalue weighted by atomic mass is 10.1. The van der Waals surface area contributed by atoms with E-state index in [2.05, 4.69) is 40.7 Å². The molecule has 8 nitrogen and oxygen atoms in total. The van der Waals surface area contributed by atoms with Crippen LogP contribution in [0.1, 0.15) is 18.9 Å². The van der Waals surface area contributed by atoms with Crippen molar-refractivity contribution in [3.63, 3.8) is 0 Å². The third-order valence-electron chi connectivity index (χ3n) is 5.28. The standard InChI is InChI=1S/C21H25N5O3/c1-5-29-12-6-11-25-16(15-9-7-14(2)8-10-15)13-26-17-18(22-20(25)26)23(3)21(28)24(4)19(17)27/h7-10,13H,5-6,11-12H2,1-4H3. The van der Waals surface area contributed by atoms with E-state index < -0.39 is 0 Å². The van der Waals surface area contributed by atoms with Gasteiger partial charge in [-0.15, -0.1) is 0 Å². The van der Waals surface area contributed by atoms with Crippen molar-refractivity contribution in [2.75, 3.05) is 13.2 Å². The molecule has 0 N–H and O–H groups in total. The van der Waals surface area contributed by atoms with Crippen molar-refractivity contribution in [2.45, 2.75) is 26.8 Å². The Balaban J connectivity index is 1.98. The summed E-state index contributed by atoms with van der Waals surface area (Å²) in [6, 6.07) is 8.27. The summed E-state index contributed by atoms with van der Waals surface area (Å²) >= 11 is 0. The van der Waals surface area contributed by atoms with E-state index in [-0.39, 0.29) is 11.2 Å². The Morgan fingerprint density at radius 3 is 2.48 bits per heavy atom. The van der Waals surface area contributed by atoms with Gasteiger partial charge in [-0.25, -0.2) is 4.79 Å². The van der Waals surface area contributed by atoms with Crippen molar-refractivity contribution in [2.24, 2.45) is 14.1 Å². The number of rotatable bonds is 6. The van der Waals surface area contributed by atoms with Gasteiger partial charge in [0.05, 0.1) is 5.69 Å². The highest BCUT2D eigenvalue weighted by Gasteiger charge is 2.20. The zero-order valence-electron chi connectivity index (χ0n) is 17.2. The average molecular weight is 395 g/mol. The smallest absolute Gasteiger partial charge is 0.332 e. The quantitative estimate of drug-likeness (QED) is 0.469. The van der Waals surface area contributed by atoms with E-state index in [1.807, 2.05) is 13.1 Å². The zero-order chi connectivity index (χ0) is 20.7. The number of ether oxygens (including phenoxy) is 1. The van der Waals surface area contributed by atoms with Crippen LogP contribution < -0.4 is 11.2 Å². The molecule has 0 saturated heterocycles. The van der Waals surface area contributed by atoms with E-state index in [1.54, 1.807) is 11.4 Å². The molecule has 0 amide bonds. The van der Waals surface area contributed by atoms with E-state index >= 15 is 0 Å². The number of hydrogen-bond acceptors (Lipinski definition) is 4. The summed E-state index contributed by atoms with van der Waals surface area (Å²) in [5.41, 5.74) is 3.27. The van der Waals surface area contributed by atoms with Gasteiger partial charge in [0.25, 0.3) is 5.56 Å². The van der Waals surface area contributed by atoms with Gasteiger partial charge in [-0.2, -0.15) is 4.98 Å². The van der Waals surface area contributed by atoms with E-state index in [1.165, 1.54) is 17.2 Å². The Hall–Kier alpha value is -3.13. The maximum Gasteiger partial charge on any atom is 0.332 e. The molecule has 8 heteroatoms. The molecule has 0 aliphatic heterocycles. The molecular weight excluding hydrogens is 370 g/mol. The van der Waals surface area contributed by atoms with Crippen molar-refractivity contribution >= 4 is 16.9 Å². The summed E-state index contributed by atoms with van der Waals surface area (Å²) in [6.07, 6.45) is 2.75. The zero-order valence-corrected chi connectivity index (χ0v) is 17.2. The van der Waals surface area contributed by atoms with Crippen LogP contribution in [0.25, 0.3) is 28.2 Å². The molecular formula is C21H25N5O3. The van der Waals surface area contributed by atoms with Gasteiger partial charge in [0.1, 0.15) is 0 Å². The molecule has 0 fully saturated rings. The lowest BCUT2D eigenvalue weighted by molar-refractivity contribution is 0.142. The van der Waals surface area contributed by atoms with Gasteiger partial charge in [0.15, 0.2) is 11.2 Å². The SMILES string of the molecule is CCOCCCn1c(-c2ccc(C)cc2)cn2c3c(=O)n(C)c(=O)n(C)c3nc12. The van der Waals surface area contributed by atoms with Crippen molar-refractivity contribution in [1.82, 2.24) is 23.1 Å². The largest absolute Gasteiger partial charge is 0.382 e. The summed E-state index contributed by atoms with van der Waals surface area (Å²) in [6.45, 7) is 6.04. The first-order valence-electron chi connectivity index (χ1n) is 9.76. The number of aromatic nitrogens is 5. The van der Waals surface area contributed by atoms with Gasteiger partial charge < -0.3 is 9.30 Å². The van der Waals surface area contributed by atoms with Gasteiger partial charge in [-0.05, 0) is 25.8 Å². The number of hydrogen-bond donors (Lipinski definition) is 0. The van der Waals surface area contributed by atoms with Crippen LogP contribution in [0.2, 0.25) is 0 Å². The fourth-order valence-corrected chi connectivity index (χ4v) is 3.66. The number of imidazole rings is 2. The molecule has 0 aliphatic rings. The molecule has 0 atom stereocenters. The third kappa shape index (κ3) is 3.09. The fraction of sp³-hybridized carbons (Fsp3) is 0.381. The van der Waals surface area contributed by atoms with Crippen LogP contribution in [0.15, 0.2) is 40.1 Å². The Morgan fingerprint density at radius 1 is 1.07 bits per heavy atom. The third-order valence-corrected chi connectivity index (χ3v) is 5.28.